The molecule has 0 bridgehead atoms. The average molecular weight is 256 g/mol. The number of rotatable bonds is 3. The third kappa shape index (κ3) is 1.71. The molecule has 76 valence electrons. The molecule has 0 aliphatic carbocycles. The van der Waals surface area contributed by atoms with Gasteiger partial charge in [-0.15, -0.1) is 0 Å². The van der Waals surface area contributed by atoms with Crippen LogP contribution >= 0.6 is 20.9 Å². The molecule has 0 aromatic rings. The number of hydrogen-bond acceptors (Lipinski definition) is 1. The molecule has 0 heterocycles. The van der Waals surface area contributed by atoms with Gasteiger partial charge < -0.3 is 0 Å². The molecule has 0 radical (unpaired) electrons. The van der Waals surface area contributed by atoms with Gasteiger partial charge in [-0.05, 0) is 0 Å². The maximum absolute atomic E-state index is 6.62. The summed E-state index contributed by atoms with van der Waals surface area (Å²) in [7, 11) is 0. The Bertz CT molecular complexity index is 135. The molecule has 0 amide bonds. The molecule has 0 atom stereocenters. The summed E-state index contributed by atoms with van der Waals surface area (Å²) in [6, 6.07) is 0. The van der Waals surface area contributed by atoms with Crippen LogP contribution in [0.2, 0.25) is 0 Å². The Labute approximate surface area is 85.2 Å². The molecule has 0 aromatic carbocycles. The summed E-state index contributed by atoms with van der Waals surface area (Å²) < 4.78 is 0. The topological polar surface area (TPSA) is 26.0 Å². The van der Waals surface area contributed by atoms with Crippen LogP contribution in [0.3, 0.4) is 0 Å². The van der Waals surface area contributed by atoms with E-state index in [9.17, 15) is 0 Å². The van der Waals surface area contributed by atoms with Gasteiger partial charge in [0, 0.05) is 0 Å². The fourth-order valence-corrected chi connectivity index (χ4v) is 5.37. The predicted octanol–water partition coefficient (Wildman–Crippen LogP) is 3.95. The number of halogens is 1. The van der Waals surface area contributed by atoms with Crippen LogP contribution in [0.4, 0.5) is 0 Å². The van der Waals surface area contributed by atoms with Crippen molar-refractivity contribution in [3.8, 4) is 0 Å². The molecule has 0 aliphatic rings. The molecule has 0 aromatic heterocycles. The molecule has 0 fully saturated rings. The molecule has 0 rings (SSSR count). The van der Waals surface area contributed by atoms with E-state index in [0.717, 1.165) is 0 Å². The first-order valence-electron chi connectivity index (χ1n) is 4.67. The molecule has 0 aliphatic heterocycles. The molecule has 1 nitrogen and oxygen atoms in total. The van der Waals surface area contributed by atoms with Crippen LogP contribution in [-0.4, -0.2) is 17.0 Å². The Morgan fingerprint density at radius 3 is 1.00 bits per heavy atom. The summed E-state index contributed by atoms with van der Waals surface area (Å²) in [5, 5.41) is 0. The van der Waals surface area contributed by atoms with Crippen LogP contribution in [0.1, 0.15) is 41.5 Å². The molecular formula is C9H23BrNP. The fraction of sp³-hybridized carbons (Fsp3) is 1.00. The SMILES string of the molecule is CC(C)P(N)(Br)(C(C)C)C(C)C. The third-order valence-electron chi connectivity index (χ3n) is 3.27. The summed E-state index contributed by atoms with van der Waals surface area (Å²) in [5.41, 5.74) is 6.13. The minimum atomic E-state index is -2.14. The fourth-order valence-electron chi connectivity index (χ4n) is 1.79. The monoisotopic (exact) mass is 255 g/mol. The van der Waals surface area contributed by atoms with E-state index < -0.39 is 5.46 Å². The Morgan fingerprint density at radius 1 is 0.833 bits per heavy atom. The Balaban J connectivity index is 5.09. The van der Waals surface area contributed by atoms with E-state index in [1.54, 1.807) is 0 Å². The standard InChI is InChI=1S/C9H23BrNP/c1-7(2)12(10,11,8(3)4)9(5)6/h7-9H,11H2,1-6H3. The Hall–Kier alpha value is 0.870. The van der Waals surface area contributed by atoms with Crippen molar-refractivity contribution in [3.05, 3.63) is 0 Å². The zero-order valence-corrected chi connectivity index (χ0v) is 11.6. The van der Waals surface area contributed by atoms with Crippen molar-refractivity contribution in [1.29, 1.82) is 0 Å². The van der Waals surface area contributed by atoms with Crippen molar-refractivity contribution in [1.82, 2.24) is 0 Å². The molecule has 3 heteroatoms. The molecule has 2 N–H and O–H groups in total. The summed E-state index contributed by atoms with van der Waals surface area (Å²) in [5.74, 6) is 0. The maximum atomic E-state index is 6.62. The van der Waals surface area contributed by atoms with Crippen LogP contribution in [0, 0.1) is 0 Å². The second-order valence-corrected chi connectivity index (χ2v) is 15.1. The summed E-state index contributed by atoms with van der Waals surface area (Å²) >= 11 is 3.89. The van der Waals surface area contributed by atoms with Crippen molar-refractivity contribution in [2.24, 2.45) is 5.50 Å². The minimum absolute atomic E-state index is 0.552. The van der Waals surface area contributed by atoms with E-state index in [-0.39, 0.29) is 0 Å². The molecule has 0 saturated carbocycles. The zero-order chi connectivity index (χ0) is 10.2. The van der Waals surface area contributed by atoms with Gasteiger partial charge in [0.05, 0.1) is 0 Å². The second-order valence-electron chi connectivity index (χ2n) is 4.57. The molecule has 0 saturated heterocycles. The van der Waals surface area contributed by atoms with Crippen molar-refractivity contribution < 1.29 is 0 Å². The zero-order valence-electron chi connectivity index (χ0n) is 9.13. The molecular weight excluding hydrogens is 233 g/mol. The third-order valence-corrected chi connectivity index (χ3v) is 17.2. The number of hydrogen-bond donors (Lipinski definition) is 1. The predicted molar refractivity (Wildman–Crippen MR) is 65.4 cm³/mol. The summed E-state index contributed by atoms with van der Waals surface area (Å²) in [6.45, 7) is 13.4. The van der Waals surface area contributed by atoms with Crippen LogP contribution in [0.5, 0.6) is 0 Å². The summed E-state index contributed by atoms with van der Waals surface area (Å²) in [4.78, 5) is 0. The van der Waals surface area contributed by atoms with Gasteiger partial charge in [0.25, 0.3) is 0 Å². The van der Waals surface area contributed by atoms with Crippen molar-refractivity contribution in [2.45, 2.75) is 58.5 Å². The van der Waals surface area contributed by atoms with Crippen molar-refractivity contribution in [3.63, 3.8) is 0 Å². The molecule has 0 spiro atoms. The van der Waals surface area contributed by atoms with Crippen LogP contribution in [-0.2, 0) is 0 Å². The first-order chi connectivity index (χ1) is 5.13. The Morgan fingerprint density at radius 2 is 1.00 bits per heavy atom. The van der Waals surface area contributed by atoms with Gasteiger partial charge in [0.2, 0.25) is 0 Å². The second kappa shape index (κ2) is 3.55. The van der Waals surface area contributed by atoms with Crippen molar-refractivity contribution in [2.75, 3.05) is 0 Å². The normalized spacial score (nSPS) is 17.1. The van der Waals surface area contributed by atoms with E-state index in [0.29, 0.717) is 17.0 Å². The summed E-state index contributed by atoms with van der Waals surface area (Å²) in [6.07, 6.45) is 0. The number of nitrogens with two attached hydrogens (primary N) is 1. The first kappa shape index (κ1) is 12.9. The van der Waals surface area contributed by atoms with Crippen LogP contribution < -0.4 is 5.50 Å². The van der Waals surface area contributed by atoms with Crippen molar-refractivity contribution >= 4 is 20.9 Å². The van der Waals surface area contributed by atoms with E-state index in [1.165, 1.54) is 0 Å². The van der Waals surface area contributed by atoms with Gasteiger partial charge in [0.15, 0.2) is 0 Å². The molecule has 0 unspecified atom stereocenters. The van der Waals surface area contributed by atoms with Gasteiger partial charge in [-0.25, -0.2) is 0 Å². The van der Waals surface area contributed by atoms with Gasteiger partial charge in [0.1, 0.15) is 0 Å². The van der Waals surface area contributed by atoms with E-state index in [1.807, 2.05) is 0 Å². The van der Waals surface area contributed by atoms with E-state index in [2.05, 4.69) is 57.0 Å². The van der Waals surface area contributed by atoms with E-state index >= 15 is 0 Å². The van der Waals surface area contributed by atoms with Gasteiger partial charge in [-0.3, -0.25) is 0 Å². The quantitative estimate of drug-likeness (QED) is 0.760. The average Bonchev–Trinajstić information content (AvgIpc) is 1.86. The van der Waals surface area contributed by atoms with E-state index in [4.69, 9.17) is 5.50 Å². The first-order valence-corrected chi connectivity index (χ1v) is 9.20. The van der Waals surface area contributed by atoms with Gasteiger partial charge in [-0.2, -0.15) is 0 Å². The van der Waals surface area contributed by atoms with Crippen LogP contribution in [0.25, 0.3) is 0 Å². The van der Waals surface area contributed by atoms with Crippen LogP contribution in [0.15, 0.2) is 0 Å². The Kier molecular flexibility index (Phi) is 3.81. The molecule has 12 heavy (non-hydrogen) atoms. The van der Waals surface area contributed by atoms with Gasteiger partial charge >= 0.3 is 85.0 Å². The van der Waals surface area contributed by atoms with Gasteiger partial charge in [-0.1, -0.05) is 0 Å².